The van der Waals surface area contributed by atoms with Gasteiger partial charge in [-0.05, 0) is 0 Å². The summed E-state index contributed by atoms with van der Waals surface area (Å²) in [5, 5.41) is 9.14. The van der Waals surface area contributed by atoms with E-state index in [1.807, 2.05) is 11.6 Å². The minimum atomic E-state index is -1.09. The van der Waals surface area contributed by atoms with E-state index in [-0.39, 0.29) is 5.69 Å². The maximum atomic E-state index is 11.2. The molecular weight excluding hydrogens is 262 g/mol. The molecule has 0 amide bonds. The van der Waals surface area contributed by atoms with Gasteiger partial charge in [0.15, 0.2) is 11.3 Å². The fourth-order valence-electron chi connectivity index (χ4n) is 2.30. The van der Waals surface area contributed by atoms with Crippen LogP contribution in [-0.4, -0.2) is 61.8 Å². The first-order valence-electron chi connectivity index (χ1n) is 6.36. The molecule has 20 heavy (non-hydrogen) atoms. The molecule has 0 spiro atoms. The molecule has 0 aromatic carbocycles. The zero-order chi connectivity index (χ0) is 14.1. The molecule has 8 heteroatoms. The highest BCUT2D eigenvalue weighted by molar-refractivity contribution is 5.97. The summed E-state index contributed by atoms with van der Waals surface area (Å²) < 4.78 is 7.13. The normalized spacial score (nSPS) is 16.6. The topological polar surface area (TPSA) is 93.4 Å². The van der Waals surface area contributed by atoms with E-state index >= 15 is 0 Å². The number of aromatic nitrogens is 4. The Bertz CT molecular complexity index is 648. The van der Waals surface area contributed by atoms with Crippen molar-refractivity contribution in [1.29, 1.82) is 0 Å². The predicted molar refractivity (Wildman–Crippen MR) is 69.4 cm³/mol. The molecule has 1 aliphatic heterocycles. The SMILES string of the molecule is Cn1c(CN2CCOCC2)nc2c(C(=O)O)ncnc21. The van der Waals surface area contributed by atoms with Gasteiger partial charge in [-0.15, -0.1) is 0 Å². The lowest BCUT2D eigenvalue weighted by Crippen LogP contribution is -2.36. The summed E-state index contributed by atoms with van der Waals surface area (Å²) in [6.45, 7) is 3.77. The molecule has 3 rings (SSSR count). The van der Waals surface area contributed by atoms with Gasteiger partial charge >= 0.3 is 5.97 Å². The average Bonchev–Trinajstić information content (AvgIpc) is 2.77. The molecule has 0 saturated carbocycles. The lowest BCUT2D eigenvalue weighted by molar-refractivity contribution is 0.0327. The minimum absolute atomic E-state index is 0.0566. The van der Waals surface area contributed by atoms with Gasteiger partial charge in [-0.1, -0.05) is 0 Å². The van der Waals surface area contributed by atoms with Crippen LogP contribution in [0, 0.1) is 0 Å². The van der Waals surface area contributed by atoms with Crippen molar-refractivity contribution >= 4 is 17.1 Å². The molecule has 0 unspecified atom stereocenters. The van der Waals surface area contributed by atoms with Crippen LogP contribution in [0.3, 0.4) is 0 Å². The molecule has 0 atom stereocenters. The van der Waals surface area contributed by atoms with Crippen LogP contribution in [0.2, 0.25) is 0 Å². The van der Waals surface area contributed by atoms with Crippen LogP contribution in [0.1, 0.15) is 16.3 Å². The van der Waals surface area contributed by atoms with Crippen LogP contribution in [0.4, 0.5) is 0 Å². The third kappa shape index (κ3) is 2.23. The third-order valence-electron chi connectivity index (χ3n) is 3.42. The highest BCUT2D eigenvalue weighted by atomic mass is 16.5. The van der Waals surface area contributed by atoms with Crippen LogP contribution in [0.15, 0.2) is 6.33 Å². The molecule has 8 nitrogen and oxygen atoms in total. The highest BCUT2D eigenvalue weighted by Gasteiger charge is 2.20. The number of hydrogen-bond acceptors (Lipinski definition) is 6. The third-order valence-corrected chi connectivity index (χ3v) is 3.42. The van der Waals surface area contributed by atoms with E-state index in [2.05, 4.69) is 19.9 Å². The summed E-state index contributed by atoms with van der Waals surface area (Å²) in [6, 6.07) is 0. The number of fused-ring (bicyclic) bond motifs is 1. The maximum absolute atomic E-state index is 11.2. The van der Waals surface area contributed by atoms with Gasteiger partial charge in [-0.2, -0.15) is 0 Å². The minimum Gasteiger partial charge on any atom is -0.476 e. The van der Waals surface area contributed by atoms with E-state index in [0.29, 0.717) is 30.9 Å². The lowest BCUT2D eigenvalue weighted by Gasteiger charge is -2.25. The van der Waals surface area contributed by atoms with Gasteiger partial charge < -0.3 is 14.4 Å². The van der Waals surface area contributed by atoms with Gasteiger partial charge in [0.2, 0.25) is 0 Å². The molecule has 2 aromatic rings. The van der Waals surface area contributed by atoms with Crippen molar-refractivity contribution in [1.82, 2.24) is 24.4 Å². The van der Waals surface area contributed by atoms with Crippen molar-refractivity contribution in [3.8, 4) is 0 Å². The summed E-state index contributed by atoms with van der Waals surface area (Å²) in [4.78, 5) is 25.7. The number of ether oxygens (including phenoxy) is 1. The number of aryl methyl sites for hydroxylation is 1. The summed E-state index contributed by atoms with van der Waals surface area (Å²) >= 11 is 0. The van der Waals surface area contributed by atoms with E-state index < -0.39 is 5.97 Å². The molecule has 0 aliphatic carbocycles. The molecule has 1 saturated heterocycles. The number of aromatic carboxylic acids is 1. The summed E-state index contributed by atoms with van der Waals surface area (Å²) in [5.74, 6) is -0.307. The number of morpholine rings is 1. The molecule has 106 valence electrons. The second kappa shape index (κ2) is 5.14. The van der Waals surface area contributed by atoms with E-state index in [1.165, 1.54) is 6.33 Å². The van der Waals surface area contributed by atoms with Gasteiger partial charge in [0.25, 0.3) is 0 Å². The van der Waals surface area contributed by atoms with E-state index in [0.717, 1.165) is 18.9 Å². The van der Waals surface area contributed by atoms with Crippen LogP contribution in [0.25, 0.3) is 11.2 Å². The molecule has 0 bridgehead atoms. The first kappa shape index (κ1) is 12.9. The number of nitrogens with zero attached hydrogens (tertiary/aromatic N) is 5. The lowest BCUT2D eigenvalue weighted by atomic mass is 10.3. The van der Waals surface area contributed by atoms with Crippen molar-refractivity contribution in [3.63, 3.8) is 0 Å². The molecule has 1 fully saturated rings. The van der Waals surface area contributed by atoms with Gasteiger partial charge in [-0.25, -0.2) is 19.7 Å². The smallest absolute Gasteiger partial charge is 0.356 e. The zero-order valence-electron chi connectivity index (χ0n) is 11.1. The Hall–Kier alpha value is -2.06. The fraction of sp³-hybridized carbons (Fsp3) is 0.500. The maximum Gasteiger partial charge on any atom is 0.356 e. The first-order valence-corrected chi connectivity index (χ1v) is 6.36. The van der Waals surface area contributed by atoms with Gasteiger partial charge in [-0.3, -0.25) is 4.90 Å². The van der Waals surface area contributed by atoms with Crippen LogP contribution < -0.4 is 0 Å². The van der Waals surface area contributed by atoms with E-state index in [9.17, 15) is 4.79 Å². The Labute approximate surface area is 115 Å². The Kier molecular flexibility index (Phi) is 3.33. The molecular formula is C12H15N5O3. The first-order chi connectivity index (χ1) is 9.66. The van der Waals surface area contributed by atoms with Gasteiger partial charge in [0, 0.05) is 20.1 Å². The van der Waals surface area contributed by atoms with Gasteiger partial charge in [0.05, 0.1) is 19.8 Å². The van der Waals surface area contributed by atoms with Crippen molar-refractivity contribution < 1.29 is 14.6 Å². The summed E-state index contributed by atoms with van der Waals surface area (Å²) in [6.07, 6.45) is 1.26. The van der Waals surface area contributed by atoms with Crippen molar-refractivity contribution in [2.24, 2.45) is 7.05 Å². The quantitative estimate of drug-likeness (QED) is 0.836. The van der Waals surface area contributed by atoms with Gasteiger partial charge in [0.1, 0.15) is 17.7 Å². The number of imidazole rings is 1. The fourth-order valence-corrected chi connectivity index (χ4v) is 2.30. The van der Waals surface area contributed by atoms with E-state index in [1.54, 1.807) is 0 Å². The number of carboxylic acid groups (broad SMARTS) is 1. The number of carboxylic acids is 1. The number of hydrogen-bond donors (Lipinski definition) is 1. The molecule has 0 radical (unpaired) electrons. The summed E-state index contributed by atoms with van der Waals surface area (Å²) in [7, 11) is 1.84. The standard InChI is InChI=1S/C12H15N5O3/c1-16-8(6-17-2-4-20-5-3-17)15-9-10(12(18)19)13-7-14-11(9)16/h7H,2-6H2,1H3,(H,18,19). The van der Waals surface area contributed by atoms with Crippen LogP contribution in [-0.2, 0) is 18.3 Å². The van der Waals surface area contributed by atoms with Crippen molar-refractivity contribution in [3.05, 3.63) is 17.8 Å². The van der Waals surface area contributed by atoms with Crippen LogP contribution in [0.5, 0.6) is 0 Å². The number of rotatable bonds is 3. The second-order valence-electron chi connectivity index (χ2n) is 4.68. The Morgan fingerprint density at radius 3 is 2.85 bits per heavy atom. The zero-order valence-corrected chi connectivity index (χ0v) is 11.1. The number of carbonyl (C=O) groups is 1. The van der Waals surface area contributed by atoms with Crippen LogP contribution >= 0.6 is 0 Å². The molecule has 1 N–H and O–H groups in total. The Balaban J connectivity index is 1.97. The highest BCUT2D eigenvalue weighted by Crippen LogP contribution is 2.16. The predicted octanol–water partition coefficient (Wildman–Crippen LogP) is -0.106. The molecule has 1 aliphatic rings. The monoisotopic (exact) mass is 277 g/mol. The average molecular weight is 277 g/mol. The van der Waals surface area contributed by atoms with E-state index in [4.69, 9.17) is 9.84 Å². The second-order valence-corrected chi connectivity index (χ2v) is 4.68. The van der Waals surface area contributed by atoms with Crippen molar-refractivity contribution in [2.45, 2.75) is 6.54 Å². The summed E-state index contributed by atoms with van der Waals surface area (Å²) in [5.41, 5.74) is 0.824. The Morgan fingerprint density at radius 2 is 2.15 bits per heavy atom. The van der Waals surface area contributed by atoms with Crippen molar-refractivity contribution in [2.75, 3.05) is 26.3 Å². The molecule has 2 aromatic heterocycles. The largest absolute Gasteiger partial charge is 0.476 e. The Morgan fingerprint density at radius 1 is 1.40 bits per heavy atom. The molecule has 3 heterocycles.